The number of anilines is 1. The van der Waals surface area contributed by atoms with Crippen molar-refractivity contribution in [3.05, 3.63) is 41.9 Å². The third kappa shape index (κ3) is 4.03. The lowest BCUT2D eigenvalue weighted by Gasteiger charge is -2.32. The predicted octanol–water partition coefficient (Wildman–Crippen LogP) is 3.03. The average molecular weight is 381 g/mol. The van der Waals surface area contributed by atoms with E-state index in [9.17, 15) is 4.79 Å². The standard InChI is InChI=1S/C21H27N5O2/c1-25(2)21-23-19(24-28-21)8-7-15-9-11-26(12-10-15)20(27)13-16-14-22-18-6-4-3-5-17(16)18/h3-6,14-15,22H,7-13H2,1-2H3. The van der Waals surface area contributed by atoms with Crippen LogP contribution >= 0.6 is 0 Å². The minimum atomic E-state index is 0.219. The fourth-order valence-electron chi connectivity index (χ4n) is 3.88. The molecule has 1 aliphatic heterocycles. The van der Waals surface area contributed by atoms with Gasteiger partial charge in [0.1, 0.15) is 0 Å². The molecule has 1 amide bonds. The molecule has 2 aromatic heterocycles. The first-order valence-electron chi connectivity index (χ1n) is 9.93. The number of aryl methyl sites for hydroxylation is 1. The summed E-state index contributed by atoms with van der Waals surface area (Å²) in [6, 6.07) is 8.68. The third-order valence-electron chi connectivity index (χ3n) is 5.60. The van der Waals surface area contributed by atoms with Gasteiger partial charge in [-0.1, -0.05) is 23.4 Å². The number of carbonyl (C=O) groups excluding carboxylic acids is 1. The van der Waals surface area contributed by atoms with E-state index in [1.54, 1.807) is 0 Å². The van der Waals surface area contributed by atoms with Gasteiger partial charge >= 0.3 is 6.01 Å². The summed E-state index contributed by atoms with van der Waals surface area (Å²) in [5.74, 6) is 1.59. The molecule has 0 saturated carbocycles. The number of rotatable bonds is 6. The molecule has 0 atom stereocenters. The average Bonchev–Trinajstić information content (AvgIpc) is 3.34. The number of piperidine rings is 1. The third-order valence-corrected chi connectivity index (χ3v) is 5.60. The minimum Gasteiger partial charge on any atom is -0.361 e. The quantitative estimate of drug-likeness (QED) is 0.710. The van der Waals surface area contributed by atoms with Gasteiger partial charge in [-0.3, -0.25) is 4.79 Å². The van der Waals surface area contributed by atoms with E-state index in [0.29, 0.717) is 18.4 Å². The van der Waals surface area contributed by atoms with Crippen molar-refractivity contribution in [3.8, 4) is 0 Å². The number of hydrogen-bond donors (Lipinski definition) is 1. The largest absolute Gasteiger partial charge is 0.361 e. The van der Waals surface area contributed by atoms with E-state index >= 15 is 0 Å². The molecule has 3 heterocycles. The molecule has 1 aromatic carbocycles. The molecule has 3 aromatic rings. The summed E-state index contributed by atoms with van der Waals surface area (Å²) in [6.07, 6.45) is 6.37. The van der Waals surface area contributed by atoms with Crippen LogP contribution in [0.25, 0.3) is 10.9 Å². The van der Waals surface area contributed by atoms with Crippen molar-refractivity contribution >= 4 is 22.8 Å². The number of benzene rings is 1. The minimum absolute atomic E-state index is 0.219. The molecule has 1 N–H and O–H groups in total. The fourth-order valence-corrected chi connectivity index (χ4v) is 3.88. The zero-order chi connectivity index (χ0) is 19.5. The number of amides is 1. The zero-order valence-electron chi connectivity index (χ0n) is 16.5. The summed E-state index contributed by atoms with van der Waals surface area (Å²) in [6.45, 7) is 1.67. The van der Waals surface area contributed by atoms with Gasteiger partial charge < -0.3 is 19.3 Å². The molecule has 7 heteroatoms. The van der Waals surface area contributed by atoms with Crippen molar-refractivity contribution in [2.45, 2.75) is 32.1 Å². The van der Waals surface area contributed by atoms with Gasteiger partial charge in [-0.2, -0.15) is 4.98 Å². The number of carbonyl (C=O) groups is 1. The summed E-state index contributed by atoms with van der Waals surface area (Å²) in [5.41, 5.74) is 2.17. The molecule has 1 saturated heterocycles. The van der Waals surface area contributed by atoms with Gasteiger partial charge in [-0.05, 0) is 36.8 Å². The molecular weight excluding hydrogens is 354 g/mol. The fraction of sp³-hybridized carbons (Fsp3) is 0.476. The van der Waals surface area contributed by atoms with E-state index in [4.69, 9.17) is 4.52 Å². The second kappa shape index (κ2) is 8.04. The van der Waals surface area contributed by atoms with E-state index in [1.807, 2.05) is 48.3 Å². The first-order chi connectivity index (χ1) is 13.6. The summed E-state index contributed by atoms with van der Waals surface area (Å²) in [4.78, 5) is 24.2. The molecule has 28 heavy (non-hydrogen) atoms. The maximum Gasteiger partial charge on any atom is 0.323 e. The van der Waals surface area contributed by atoms with Crippen LogP contribution in [0.3, 0.4) is 0 Å². The number of aromatic nitrogens is 3. The Morgan fingerprint density at radius 2 is 2.07 bits per heavy atom. The van der Waals surface area contributed by atoms with Crippen molar-refractivity contribution in [1.29, 1.82) is 0 Å². The van der Waals surface area contributed by atoms with Crippen molar-refractivity contribution < 1.29 is 9.32 Å². The summed E-state index contributed by atoms with van der Waals surface area (Å²) in [7, 11) is 3.78. The van der Waals surface area contributed by atoms with E-state index < -0.39 is 0 Å². The molecular formula is C21H27N5O2. The van der Waals surface area contributed by atoms with Crippen LogP contribution in [0.4, 0.5) is 6.01 Å². The Morgan fingerprint density at radius 1 is 1.29 bits per heavy atom. The van der Waals surface area contributed by atoms with Crippen LogP contribution in [0.2, 0.25) is 0 Å². The number of hydrogen-bond acceptors (Lipinski definition) is 5. The second-order valence-electron chi connectivity index (χ2n) is 7.79. The van der Waals surface area contributed by atoms with Crippen LogP contribution in [0.1, 0.15) is 30.7 Å². The normalized spacial score (nSPS) is 15.3. The van der Waals surface area contributed by atoms with E-state index in [-0.39, 0.29) is 5.91 Å². The topological polar surface area (TPSA) is 78.3 Å². The van der Waals surface area contributed by atoms with Gasteiger partial charge in [0, 0.05) is 50.7 Å². The SMILES string of the molecule is CN(C)c1nc(CCC2CCN(C(=O)Cc3c[nH]c4ccccc34)CC2)no1. The van der Waals surface area contributed by atoms with E-state index in [2.05, 4.69) is 21.2 Å². The van der Waals surface area contributed by atoms with E-state index in [1.165, 1.54) is 0 Å². The number of likely N-dealkylation sites (tertiary alicyclic amines) is 1. The Bertz CT molecular complexity index is 937. The molecule has 7 nitrogen and oxygen atoms in total. The van der Waals surface area contributed by atoms with Gasteiger partial charge in [0.25, 0.3) is 0 Å². The highest BCUT2D eigenvalue weighted by Gasteiger charge is 2.24. The lowest BCUT2D eigenvalue weighted by Crippen LogP contribution is -2.39. The number of nitrogens with zero attached hydrogens (tertiary/aromatic N) is 4. The van der Waals surface area contributed by atoms with Gasteiger partial charge in [0.15, 0.2) is 5.82 Å². The molecule has 0 aliphatic carbocycles. The number of para-hydroxylation sites is 1. The Kier molecular flexibility index (Phi) is 5.32. The summed E-state index contributed by atoms with van der Waals surface area (Å²) < 4.78 is 5.20. The summed E-state index contributed by atoms with van der Waals surface area (Å²) in [5, 5.41) is 5.18. The van der Waals surface area contributed by atoms with Crippen molar-refractivity contribution in [2.75, 3.05) is 32.1 Å². The van der Waals surface area contributed by atoms with Crippen LogP contribution in [0.5, 0.6) is 0 Å². The van der Waals surface area contributed by atoms with Gasteiger partial charge in [0.05, 0.1) is 6.42 Å². The first kappa shape index (κ1) is 18.5. The molecule has 0 spiro atoms. The number of nitrogens with one attached hydrogen (secondary N) is 1. The maximum absolute atomic E-state index is 12.7. The maximum atomic E-state index is 12.7. The Hall–Kier alpha value is -2.83. The molecule has 0 radical (unpaired) electrons. The lowest BCUT2D eigenvalue weighted by molar-refractivity contribution is -0.131. The Balaban J connectivity index is 1.26. The Morgan fingerprint density at radius 3 is 2.82 bits per heavy atom. The number of fused-ring (bicyclic) bond motifs is 1. The van der Waals surface area contributed by atoms with Crippen molar-refractivity contribution in [3.63, 3.8) is 0 Å². The van der Waals surface area contributed by atoms with Crippen LogP contribution < -0.4 is 4.90 Å². The Labute approximate surface area is 164 Å². The molecule has 4 rings (SSSR count). The molecule has 1 fully saturated rings. The monoisotopic (exact) mass is 381 g/mol. The van der Waals surface area contributed by atoms with Crippen LogP contribution in [0.15, 0.2) is 35.0 Å². The van der Waals surface area contributed by atoms with Gasteiger partial charge in [-0.25, -0.2) is 0 Å². The van der Waals surface area contributed by atoms with Gasteiger partial charge in [0.2, 0.25) is 5.91 Å². The molecule has 0 bridgehead atoms. The lowest BCUT2D eigenvalue weighted by atomic mass is 9.92. The zero-order valence-corrected chi connectivity index (χ0v) is 16.5. The highest BCUT2D eigenvalue weighted by atomic mass is 16.5. The van der Waals surface area contributed by atoms with E-state index in [0.717, 1.165) is 61.1 Å². The molecule has 148 valence electrons. The van der Waals surface area contributed by atoms with Crippen LogP contribution in [0, 0.1) is 5.92 Å². The predicted molar refractivity (Wildman–Crippen MR) is 108 cm³/mol. The number of H-pyrrole nitrogens is 1. The number of aromatic amines is 1. The second-order valence-corrected chi connectivity index (χ2v) is 7.79. The molecule has 1 aliphatic rings. The smallest absolute Gasteiger partial charge is 0.323 e. The van der Waals surface area contributed by atoms with Crippen LogP contribution in [-0.2, 0) is 17.6 Å². The highest BCUT2D eigenvalue weighted by molar-refractivity contribution is 5.88. The molecule has 0 unspecified atom stereocenters. The van der Waals surface area contributed by atoms with Crippen molar-refractivity contribution in [2.24, 2.45) is 5.92 Å². The van der Waals surface area contributed by atoms with Crippen molar-refractivity contribution in [1.82, 2.24) is 20.0 Å². The van der Waals surface area contributed by atoms with Gasteiger partial charge in [-0.15, -0.1) is 0 Å². The summed E-state index contributed by atoms with van der Waals surface area (Å²) >= 11 is 0. The van der Waals surface area contributed by atoms with Crippen LogP contribution in [-0.4, -0.2) is 53.1 Å². The highest BCUT2D eigenvalue weighted by Crippen LogP contribution is 2.24. The first-order valence-corrected chi connectivity index (χ1v) is 9.93.